The lowest BCUT2D eigenvalue weighted by atomic mass is 10.0. The van der Waals surface area contributed by atoms with Crippen LogP contribution in [-0.4, -0.2) is 40.8 Å². The van der Waals surface area contributed by atoms with Crippen LogP contribution < -0.4 is 10.5 Å². The molecule has 0 aliphatic carbocycles. The van der Waals surface area contributed by atoms with Crippen LogP contribution in [0.4, 0.5) is 5.69 Å². The molecule has 1 saturated heterocycles. The van der Waals surface area contributed by atoms with Crippen molar-refractivity contribution in [2.24, 2.45) is 16.8 Å². The molecule has 3 N–H and O–H groups in total. The number of amidine groups is 1. The fourth-order valence-electron chi connectivity index (χ4n) is 2.01. The third-order valence-electron chi connectivity index (χ3n) is 3.20. The molecule has 0 bridgehead atoms. The van der Waals surface area contributed by atoms with Crippen LogP contribution in [0.5, 0.6) is 5.88 Å². The topological polar surface area (TPSA) is 133 Å². The number of ether oxygens (including phenoxy) is 2. The van der Waals surface area contributed by atoms with Gasteiger partial charge < -0.3 is 20.4 Å². The Bertz CT molecular complexity index is 542. The van der Waals surface area contributed by atoms with E-state index >= 15 is 0 Å². The minimum absolute atomic E-state index is 0.202. The van der Waals surface area contributed by atoms with Crippen molar-refractivity contribution < 1.29 is 19.6 Å². The monoisotopic (exact) mass is 296 g/mol. The molecule has 1 aromatic heterocycles. The second-order valence-electron chi connectivity index (χ2n) is 4.63. The molecule has 0 unspecified atom stereocenters. The fraction of sp³-hybridized carbons (Fsp3) is 0.500. The highest BCUT2D eigenvalue weighted by Gasteiger charge is 2.21. The number of hydrogen-bond donors (Lipinski definition) is 2. The van der Waals surface area contributed by atoms with E-state index in [1.165, 1.54) is 12.1 Å². The molecule has 1 aliphatic heterocycles. The average Bonchev–Trinajstić information content (AvgIpc) is 2.52. The first-order valence-electron chi connectivity index (χ1n) is 6.45. The maximum absolute atomic E-state index is 10.9. The van der Waals surface area contributed by atoms with Crippen molar-refractivity contribution in [3.63, 3.8) is 0 Å². The van der Waals surface area contributed by atoms with E-state index in [4.69, 9.17) is 20.4 Å². The lowest BCUT2D eigenvalue weighted by Gasteiger charge is -2.21. The minimum atomic E-state index is -0.650. The van der Waals surface area contributed by atoms with Crippen molar-refractivity contribution in [1.29, 1.82) is 0 Å². The first kappa shape index (κ1) is 15.0. The van der Waals surface area contributed by atoms with Crippen molar-refractivity contribution in [2.75, 3.05) is 19.8 Å². The molecule has 2 rings (SSSR count). The van der Waals surface area contributed by atoms with Gasteiger partial charge in [0.15, 0.2) is 11.5 Å². The van der Waals surface area contributed by atoms with Gasteiger partial charge in [0.25, 0.3) is 5.69 Å². The molecular weight excluding hydrogens is 280 g/mol. The molecule has 1 aromatic rings. The van der Waals surface area contributed by atoms with Gasteiger partial charge in [0.1, 0.15) is 0 Å². The largest absolute Gasteiger partial charge is 0.477 e. The predicted molar refractivity (Wildman–Crippen MR) is 72.4 cm³/mol. The SMILES string of the molecule is N/C(=N/O)c1nc(OCC2CCOCC2)ccc1[N+](=O)[O-]. The van der Waals surface area contributed by atoms with Gasteiger partial charge in [-0.25, -0.2) is 4.98 Å². The van der Waals surface area contributed by atoms with Gasteiger partial charge in [-0.1, -0.05) is 5.16 Å². The first-order chi connectivity index (χ1) is 10.1. The van der Waals surface area contributed by atoms with Crippen LogP contribution in [0, 0.1) is 16.0 Å². The van der Waals surface area contributed by atoms with Crippen LogP contribution in [0.1, 0.15) is 18.5 Å². The van der Waals surface area contributed by atoms with Gasteiger partial charge in [0, 0.05) is 25.3 Å². The second-order valence-corrected chi connectivity index (χ2v) is 4.63. The smallest absolute Gasteiger partial charge is 0.299 e. The summed E-state index contributed by atoms with van der Waals surface area (Å²) in [6, 6.07) is 2.62. The zero-order chi connectivity index (χ0) is 15.2. The Morgan fingerprint density at radius 3 is 2.90 bits per heavy atom. The molecule has 0 atom stereocenters. The summed E-state index contributed by atoms with van der Waals surface area (Å²) in [5, 5.41) is 22.3. The summed E-state index contributed by atoms with van der Waals surface area (Å²) in [5.74, 6) is 0.134. The first-order valence-corrected chi connectivity index (χ1v) is 6.45. The molecular formula is C12H16N4O5. The summed E-state index contributed by atoms with van der Waals surface area (Å²) in [5.41, 5.74) is 4.84. The van der Waals surface area contributed by atoms with E-state index in [0.717, 1.165) is 12.8 Å². The van der Waals surface area contributed by atoms with Crippen molar-refractivity contribution in [3.8, 4) is 5.88 Å². The van der Waals surface area contributed by atoms with Crippen molar-refractivity contribution in [2.45, 2.75) is 12.8 Å². The lowest BCUT2D eigenvalue weighted by Crippen LogP contribution is -2.22. The van der Waals surface area contributed by atoms with Gasteiger partial charge in [-0.05, 0) is 18.8 Å². The number of aromatic nitrogens is 1. The van der Waals surface area contributed by atoms with E-state index in [9.17, 15) is 10.1 Å². The molecule has 9 heteroatoms. The Balaban J connectivity index is 2.11. The molecule has 1 fully saturated rings. The number of pyridine rings is 1. The van der Waals surface area contributed by atoms with Gasteiger partial charge in [0.05, 0.1) is 11.5 Å². The highest BCUT2D eigenvalue weighted by atomic mass is 16.6. The van der Waals surface area contributed by atoms with Gasteiger partial charge in [0.2, 0.25) is 5.88 Å². The minimum Gasteiger partial charge on any atom is -0.477 e. The Labute approximate surface area is 120 Å². The van der Waals surface area contributed by atoms with E-state index in [0.29, 0.717) is 25.7 Å². The summed E-state index contributed by atoms with van der Waals surface area (Å²) >= 11 is 0. The summed E-state index contributed by atoms with van der Waals surface area (Å²) in [4.78, 5) is 14.2. The third kappa shape index (κ3) is 3.78. The van der Waals surface area contributed by atoms with Crippen LogP contribution in [0.2, 0.25) is 0 Å². The van der Waals surface area contributed by atoms with E-state index in [-0.39, 0.29) is 17.3 Å². The van der Waals surface area contributed by atoms with Gasteiger partial charge >= 0.3 is 0 Å². The quantitative estimate of drug-likeness (QED) is 0.271. The Kier molecular flexibility index (Phi) is 4.88. The Morgan fingerprint density at radius 1 is 1.57 bits per heavy atom. The van der Waals surface area contributed by atoms with Crippen LogP contribution in [0.25, 0.3) is 0 Å². The highest BCUT2D eigenvalue weighted by molar-refractivity contribution is 5.98. The summed E-state index contributed by atoms with van der Waals surface area (Å²) in [7, 11) is 0. The molecule has 0 radical (unpaired) electrons. The van der Waals surface area contributed by atoms with E-state index in [1.54, 1.807) is 0 Å². The van der Waals surface area contributed by atoms with Crippen LogP contribution in [0.3, 0.4) is 0 Å². The molecule has 1 aliphatic rings. The van der Waals surface area contributed by atoms with Gasteiger partial charge in [-0.15, -0.1) is 0 Å². The maximum atomic E-state index is 10.9. The van der Waals surface area contributed by atoms with Crippen LogP contribution >= 0.6 is 0 Å². The molecule has 0 amide bonds. The standard InChI is InChI=1S/C12H16N4O5/c13-12(15-17)11-9(16(18)19)1-2-10(14-11)21-7-8-3-5-20-6-4-8/h1-2,8,17H,3-7H2,(H2,13,15). The Morgan fingerprint density at radius 2 is 2.29 bits per heavy atom. The number of nitrogens with two attached hydrogens (primary N) is 1. The Hall–Kier alpha value is -2.42. The normalized spacial score (nSPS) is 16.7. The zero-order valence-electron chi connectivity index (χ0n) is 11.3. The predicted octanol–water partition coefficient (Wildman–Crippen LogP) is 0.890. The van der Waals surface area contributed by atoms with Crippen LogP contribution in [0.15, 0.2) is 17.3 Å². The molecule has 9 nitrogen and oxygen atoms in total. The highest BCUT2D eigenvalue weighted by Crippen LogP contribution is 2.22. The number of nitro groups is 1. The average molecular weight is 296 g/mol. The zero-order valence-corrected chi connectivity index (χ0v) is 11.3. The molecule has 0 spiro atoms. The fourth-order valence-corrected chi connectivity index (χ4v) is 2.01. The van der Waals surface area contributed by atoms with Gasteiger partial charge in [-0.3, -0.25) is 10.1 Å². The van der Waals surface area contributed by atoms with Crippen LogP contribution in [-0.2, 0) is 4.74 Å². The molecule has 0 saturated carbocycles. The third-order valence-corrected chi connectivity index (χ3v) is 3.20. The van der Waals surface area contributed by atoms with Gasteiger partial charge in [-0.2, -0.15) is 0 Å². The molecule has 0 aromatic carbocycles. The summed E-state index contributed by atoms with van der Waals surface area (Å²) in [6.45, 7) is 1.86. The van der Waals surface area contributed by atoms with Crippen molar-refractivity contribution in [3.05, 3.63) is 27.9 Å². The number of oxime groups is 1. The van der Waals surface area contributed by atoms with E-state index in [2.05, 4.69) is 10.1 Å². The summed E-state index contributed by atoms with van der Waals surface area (Å²) < 4.78 is 10.8. The number of hydrogen-bond acceptors (Lipinski definition) is 7. The number of rotatable bonds is 5. The second kappa shape index (κ2) is 6.84. The van der Waals surface area contributed by atoms with E-state index in [1.807, 2.05) is 0 Å². The summed E-state index contributed by atoms with van der Waals surface area (Å²) in [6.07, 6.45) is 1.81. The molecule has 21 heavy (non-hydrogen) atoms. The van der Waals surface area contributed by atoms with E-state index < -0.39 is 10.8 Å². The van der Waals surface area contributed by atoms with Crippen molar-refractivity contribution >= 4 is 11.5 Å². The molecule has 114 valence electrons. The van der Waals surface area contributed by atoms with Crippen molar-refractivity contribution in [1.82, 2.24) is 4.98 Å². The lowest BCUT2D eigenvalue weighted by molar-refractivity contribution is -0.385. The number of nitrogens with zero attached hydrogens (tertiary/aromatic N) is 3. The molecule has 2 heterocycles. The maximum Gasteiger partial charge on any atom is 0.299 e.